The maximum absolute atomic E-state index is 11.9. The predicted octanol–water partition coefficient (Wildman–Crippen LogP) is 3.36. The first-order valence-electron chi connectivity index (χ1n) is 4.75. The van der Waals surface area contributed by atoms with Gasteiger partial charge in [0.2, 0.25) is 11.6 Å². The fourth-order valence-electron chi connectivity index (χ4n) is 2.03. The molecule has 1 aliphatic carbocycles. The van der Waals surface area contributed by atoms with Crippen molar-refractivity contribution in [3.63, 3.8) is 0 Å². The molecule has 2 atom stereocenters. The number of ketones is 2. The Kier molecular flexibility index (Phi) is 2.89. The summed E-state index contributed by atoms with van der Waals surface area (Å²) in [6.07, 6.45) is 1.32. The van der Waals surface area contributed by atoms with Crippen LogP contribution in [0.15, 0.2) is 21.0 Å². The first-order chi connectivity index (χ1) is 7.58. The Hall–Kier alpha value is 0.480. The topological polar surface area (TPSA) is 34.1 Å². The van der Waals surface area contributed by atoms with Crippen molar-refractivity contribution in [3.8, 4) is 0 Å². The first kappa shape index (κ1) is 11.6. The standard InChI is InChI=1S/C10H6Br2O2S2/c11-5-1-3-7(13)8(14)4-2-6(12)16-10(4)9(3)15-5/h5-6H,1-2H2. The lowest BCUT2D eigenvalue weighted by Gasteiger charge is -2.13. The van der Waals surface area contributed by atoms with Gasteiger partial charge in [-0.05, 0) is 12.8 Å². The van der Waals surface area contributed by atoms with E-state index in [0.29, 0.717) is 24.0 Å². The number of rotatable bonds is 0. The van der Waals surface area contributed by atoms with Crippen LogP contribution in [0.4, 0.5) is 0 Å². The monoisotopic (exact) mass is 380 g/mol. The lowest BCUT2D eigenvalue weighted by Crippen LogP contribution is -2.22. The van der Waals surface area contributed by atoms with Gasteiger partial charge in [0.1, 0.15) is 0 Å². The molecule has 0 aromatic rings. The summed E-state index contributed by atoms with van der Waals surface area (Å²) in [4.78, 5) is 25.9. The summed E-state index contributed by atoms with van der Waals surface area (Å²) in [7, 11) is 0. The molecule has 2 aliphatic heterocycles. The van der Waals surface area contributed by atoms with E-state index in [4.69, 9.17) is 0 Å². The second-order valence-electron chi connectivity index (χ2n) is 3.74. The van der Waals surface area contributed by atoms with E-state index in [9.17, 15) is 9.59 Å². The van der Waals surface area contributed by atoms with Crippen LogP contribution >= 0.6 is 55.4 Å². The fraction of sp³-hybridized carbons (Fsp3) is 0.400. The van der Waals surface area contributed by atoms with Gasteiger partial charge >= 0.3 is 0 Å². The van der Waals surface area contributed by atoms with Gasteiger partial charge in [-0.2, -0.15) is 0 Å². The molecule has 16 heavy (non-hydrogen) atoms. The third-order valence-electron chi connectivity index (χ3n) is 2.73. The molecule has 0 fully saturated rings. The lowest BCUT2D eigenvalue weighted by atomic mass is 9.93. The largest absolute Gasteiger partial charge is 0.285 e. The molecule has 3 rings (SSSR count). The SMILES string of the molecule is O=C1C(=O)C2=C(SC(Br)C2)C2=C1CC(Br)S2. The summed E-state index contributed by atoms with van der Waals surface area (Å²) in [6, 6.07) is 0. The van der Waals surface area contributed by atoms with Gasteiger partial charge in [-0.3, -0.25) is 9.59 Å². The molecule has 0 N–H and O–H groups in total. The highest BCUT2D eigenvalue weighted by atomic mass is 79.9. The summed E-state index contributed by atoms with van der Waals surface area (Å²) >= 11 is 10.3. The minimum Gasteiger partial charge on any atom is -0.285 e. The molecule has 0 saturated carbocycles. The molecule has 0 radical (unpaired) electrons. The van der Waals surface area contributed by atoms with Crippen LogP contribution in [0.25, 0.3) is 0 Å². The summed E-state index contributed by atoms with van der Waals surface area (Å²) in [5, 5.41) is 0. The molecule has 3 aliphatic rings. The first-order valence-corrected chi connectivity index (χ1v) is 8.34. The maximum Gasteiger partial charge on any atom is 0.230 e. The number of allylic oxidation sites excluding steroid dienone is 2. The van der Waals surface area contributed by atoms with Gasteiger partial charge < -0.3 is 0 Å². The molecule has 2 unspecified atom stereocenters. The zero-order valence-corrected chi connectivity index (χ0v) is 12.8. The summed E-state index contributed by atoms with van der Waals surface area (Å²) in [6.45, 7) is 0. The van der Waals surface area contributed by atoms with Gasteiger partial charge in [-0.1, -0.05) is 31.9 Å². The third kappa shape index (κ3) is 1.61. The quantitative estimate of drug-likeness (QED) is 0.366. The average molecular weight is 382 g/mol. The van der Waals surface area contributed by atoms with E-state index in [0.717, 1.165) is 9.81 Å². The molecule has 6 heteroatoms. The van der Waals surface area contributed by atoms with Crippen LogP contribution in [-0.2, 0) is 9.59 Å². The van der Waals surface area contributed by atoms with Gasteiger partial charge in [0, 0.05) is 21.0 Å². The molecule has 2 nitrogen and oxygen atoms in total. The number of carbonyl (C=O) groups excluding carboxylic acids is 2. The van der Waals surface area contributed by atoms with Crippen molar-refractivity contribution in [3.05, 3.63) is 21.0 Å². The Morgan fingerprint density at radius 1 is 0.875 bits per heavy atom. The van der Waals surface area contributed by atoms with E-state index in [-0.39, 0.29) is 19.9 Å². The highest BCUT2D eigenvalue weighted by molar-refractivity contribution is 9.11. The van der Waals surface area contributed by atoms with Crippen LogP contribution in [0, 0.1) is 0 Å². The summed E-state index contributed by atoms with van der Waals surface area (Å²) < 4.78 is 0.465. The van der Waals surface area contributed by atoms with Crippen molar-refractivity contribution in [1.29, 1.82) is 0 Å². The molecule has 0 spiro atoms. The van der Waals surface area contributed by atoms with Crippen LogP contribution < -0.4 is 0 Å². The predicted molar refractivity (Wildman–Crippen MR) is 73.9 cm³/mol. The second kappa shape index (κ2) is 4.00. The van der Waals surface area contributed by atoms with E-state index < -0.39 is 0 Å². The highest BCUT2D eigenvalue weighted by Crippen LogP contribution is 2.56. The number of Topliss-reactive ketones (excluding diaryl/α,β-unsaturated/α-hetero) is 2. The number of carbonyl (C=O) groups is 2. The van der Waals surface area contributed by atoms with Crippen LogP contribution in [0.2, 0.25) is 0 Å². The van der Waals surface area contributed by atoms with E-state index in [1.165, 1.54) is 0 Å². The van der Waals surface area contributed by atoms with Crippen LogP contribution in [0.1, 0.15) is 12.8 Å². The van der Waals surface area contributed by atoms with E-state index in [2.05, 4.69) is 31.9 Å². The van der Waals surface area contributed by atoms with Gasteiger partial charge in [0.25, 0.3) is 0 Å². The van der Waals surface area contributed by atoms with E-state index in [1.54, 1.807) is 23.5 Å². The minimum atomic E-state index is -0.287. The molecule has 0 saturated heterocycles. The van der Waals surface area contributed by atoms with Crippen molar-refractivity contribution in [2.45, 2.75) is 21.2 Å². The van der Waals surface area contributed by atoms with Crippen LogP contribution in [-0.4, -0.2) is 19.9 Å². The highest BCUT2D eigenvalue weighted by Gasteiger charge is 2.43. The van der Waals surface area contributed by atoms with Crippen LogP contribution in [0.3, 0.4) is 0 Å². The smallest absolute Gasteiger partial charge is 0.230 e. The van der Waals surface area contributed by atoms with Crippen molar-refractivity contribution in [1.82, 2.24) is 0 Å². The number of fused-ring (bicyclic) bond motifs is 1. The van der Waals surface area contributed by atoms with Crippen molar-refractivity contribution in [2.24, 2.45) is 0 Å². The minimum absolute atomic E-state index is 0.232. The third-order valence-corrected chi connectivity index (χ3v) is 6.84. The zero-order valence-electron chi connectivity index (χ0n) is 7.96. The Bertz CT molecular complexity index is 437. The summed E-state index contributed by atoms with van der Waals surface area (Å²) in [5.74, 6) is -0.573. The molecule has 0 bridgehead atoms. The maximum atomic E-state index is 11.9. The Morgan fingerprint density at radius 3 is 1.62 bits per heavy atom. The number of hydrogen-bond donors (Lipinski definition) is 0. The fourth-order valence-corrected chi connectivity index (χ4v) is 6.20. The van der Waals surface area contributed by atoms with E-state index in [1.807, 2.05) is 0 Å². The van der Waals surface area contributed by atoms with Gasteiger partial charge in [0.15, 0.2) is 0 Å². The molecule has 0 aromatic carbocycles. The molecule has 0 amide bonds. The van der Waals surface area contributed by atoms with Crippen LogP contribution in [0.5, 0.6) is 0 Å². The Balaban J connectivity index is 2.11. The number of thioether (sulfide) groups is 2. The molecular formula is C10H6Br2O2S2. The average Bonchev–Trinajstić information content (AvgIpc) is 2.78. The lowest BCUT2D eigenvalue weighted by molar-refractivity contribution is -0.132. The molecule has 84 valence electrons. The van der Waals surface area contributed by atoms with Gasteiger partial charge in [-0.15, -0.1) is 23.5 Å². The van der Waals surface area contributed by atoms with E-state index >= 15 is 0 Å². The zero-order chi connectivity index (χ0) is 11.4. The van der Waals surface area contributed by atoms with Gasteiger partial charge in [-0.25, -0.2) is 0 Å². The Labute approximate surface area is 118 Å². The second-order valence-corrected chi connectivity index (χ2v) is 9.59. The van der Waals surface area contributed by atoms with Gasteiger partial charge in [0.05, 0.1) is 8.32 Å². The number of hydrogen-bond acceptors (Lipinski definition) is 4. The normalized spacial score (nSPS) is 33.6. The Morgan fingerprint density at radius 2 is 1.25 bits per heavy atom. The van der Waals surface area contributed by atoms with Crippen molar-refractivity contribution >= 4 is 67.0 Å². The van der Waals surface area contributed by atoms with Crippen molar-refractivity contribution in [2.75, 3.05) is 0 Å². The molecular weight excluding hydrogens is 376 g/mol. The van der Waals surface area contributed by atoms with Crippen molar-refractivity contribution < 1.29 is 9.59 Å². The number of alkyl halides is 2. The molecule has 0 aromatic heterocycles. The molecule has 2 heterocycles. The number of halogens is 2. The summed E-state index contributed by atoms with van der Waals surface area (Å²) in [5.41, 5.74) is 1.43.